The van der Waals surface area contributed by atoms with Gasteiger partial charge in [0.1, 0.15) is 12.2 Å². The molecule has 1 aromatic carbocycles. The minimum Gasteiger partial charge on any atom is -0.460 e. The molecule has 3 aromatic heterocycles. The molecule has 0 spiro atoms. The number of ether oxygens (including phenoxy) is 2. The number of aryl methyl sites for hydroxylation is 2. The minimum absolute atomic E-state index is 0.00570. The Morgan fingerprint density at radius 3 is 2.70 bits per heavy atom. The highest BCUT2D eigenvalue weighted by atomic mass is 79.9. The van der Waals surface area contributed by atoms with E-state index in [9.17, 15) is 9.59 Å². The van der Waals surface area contributed by atoms with Crippen LogP contribution >= 0.6 is 15.9 Å². The first-order valence-corrected chi connectivity index (χ1v) is 9.93. The molecule has 0 atom stereocenters. The van der Waals surface area contributed by atoms with Crippen molar-refractivity contribution in [3.05, 3.63) is 57.3 Å². The van der Waals surface area contributed by atoms with Crippen LogP contribution in [0.3, 0.4) is 0 Å². The quantitative estimate of drug-likeness (QED) is 0.403. The normalized spacial score (nSPS) is 11.2. The molecule has 0 aliphatic heterocycles. The molecule has 0 aliphatic rings. The number of carbonyl (C=O) groups excluding carboxylic acids is 2. The smallest absolute Gasteiger partial charge is 0.378 e. The fraction of sp³-hybridized carbons (Fsp3) is 0.250. The van der Waals surface area contributed by atoms with Gasteiger partial charge in [-0.25, -0.2) is 19.1 Å². The zero-order valence-electron chi connectivity index (χ0n) is 16.4. The maximum absolute atomic E-state index is 12.6. The fourth-order valence-electron chi connectivity index (χ4n) is 3.08. The molecular formula is C20H17BrN4O5. The number of hydrogen-bond donors (Lipinski definition) is 0. The largest absolute Gasteiger partial charge is 0.460 e. The van der Waals surface area contributed by atoms with Crippen LogP contribution in [0.15, 0.2) is 33.2 Å². The maximum Gasteiger partial charge on any atom is 0.378 e. The van der Waals surface area contributed by atoms with Gasteiger partial charge in [0.15, 0.2) is 0 Å². The van der Waals surface area contributed by atoms with Gasteiger partial charge in [-0.2, -0.15) is 4.98 Å². The first kappa shape index (κ1) is 20.0. The predicted molar refractivity (Wildman–Crippen MR) is 109 cm³/mol. The van der Waals surface area contributed by atoms with E-state index < -0.39 is 11.9 Å². The van der Waals surface area contributed by atoms with Crippen LogP contribution < -0.4 is 0 Å². The summed E-state index contributed by atoms with van der Waals surface area (Å²) in [6.45, 7) is 5.35. The molecular weight excluding hydrogens is 456 g/mol. The Kier molecular flexibility index (Phi) is 5.25. The molecule has 3 heterocycles. The van der Waals surface area contributed by atoms with E-state index in [1.54, 1.807) is 25.1 Å². The van der Waals surface area contributed by atoms with Crippen LogP contribution in [0.1, 0.15) is 45.0 Å². The van der Waals surface area contributed by atoms with Gasteiger partial charge < -0.3 is 13.9 Å². The van der Waals surface area contributed by atoms with Gasteiger partial charge in [-0.15, -0.1) is 5.10 Å². The van der Waals surface area contributed by atoms with Crippen molar-refractivity contribution in [3.63, 3.8) is 0 Å². The highest BCUT2D eigenvalue weighted by molar-refractivity contribution is 9.10. The molecule has 30 heavy (non-hydrogen) atoms. The third kappa shape index (κ3) is 3.65. The summed E-state index contributed by atoms with van der Waals surface area (Å²) in [5.41, 5.74) is 2.45. The van der Waals surface area contributed by atoms with Gasteiger partial charge in [-0.1, -0.05) is 15.9 Å². The van der Waals surface area contributed by atoms with Gasteiger partial charge >= 0.3 is 11.9 Å². The summed E-state index contributed by atoms with van der Waals surface area (Å²) in [5.74, 6) is -1.19. The molecule has 4 aromatic rings. The zero-order chi connectivity index (χ0) is 21.4. The average molecular weight is 473 g/mol. The van der Waals surface area contributed by atoms with Crippen LogP contribution in [0.5, 0.6) is 0 Å². The molecule has 0 saturated carbocycles. The number of halogens is 1. The summed E-state index contributed by atoms with van der Waals surface area (Å²) in [6.07, 6.45) is 0. The number of esters is 2. The Bertz CT molecular complexity index is 1290. The van der Waals surface area contributed by atoms with E-state index >= 15 is 0 Å². The van der Waals surface area contributed by atoms with E-state index in [1.165, 1.54) is 4.52 Å². The van der Waals surface area contributed by atoms with Gasteiger partial charge in [-0.3, -0.25) is 0 Å². The molecule has 0 radical (unpaired) electrons. The minimum atomic E-state index is -0.739. The van der Waals surface area contributed by atoms with Gasteiger partial charge in [0.25, 0.3) is 11.6 Å². The van der Waals surface area contributed by atoms with Crippen LogP contribution in [0.4, 0.5) is 0 Å². The van der Waals surface area contributed by atoms with Gasteiger partial charge in [-0.05, 0) is 45.0 Å². The number of benzene rings is 1. The lowest BCUT2D eigenvalue weighted by molar-refractivity contribution is 0.0426. The van der Waals surface area contributed by atoms with Crippen molar-refractivity contribution in [2.75, 3.05) is 6.61 Å². The van der Waals surface area contributed by atoms with E-state index in [0.29, 0.717) is 22.3 Å². The van der Waals surface area contributed by atoms with Crippen molar-refractivity contribution in [2.24, 2.45) is 0 Å². The van der Waals surface area contributed by atoms with Crippen molar-refractivity contribution in [2.45, 2.75) is 27.4 Å². The topological polar surface area (TPSA) is 109 Å². The van der Waals surface area contributed by atoms with Crippen LogP contribution in [-0.4, -0.2) is 38.1 Å². The molecule has 9 nitrogen and oxygen atoms in total. The van der Waals surface area contributed by atoms with E-state index in [2.05, 4.69) is 31.0 Å². The van der Waals surface area contributed by atoms with Crippen LogP contribution in [0.2, 0.25) is 0 Å². The van der Waals surface area contributed by atoms with Gasteiger partial charge in [0.2, 0.25) is 5.76 Å². The van der Waals surface area contributed by atoms with E-state index in [0.717, 1.165) is 15.9 Å². The zero-order valence-corrected chi connectivity index (χ0v) is 18.0. The third-order valence-corrected chi connectivity index (χ3v) is 4.86. The first-order chi connectivity index (χ1) is 14.4. The second kappa shape index (κ2) is 7.86. The summed E-state index contributed by atoms with van der Waals surface area (Å²) < 4.78 is 18.4. The number of fused-ring (bicyclic) bond motifs is 2. The Balaban J connectivity index is 1.65. The molecule has 0 N–H and O–H groups in total. The number of nitrogens with zero attached hydrogens (tertiary/aromatic N) is 4. The van der Waals surface area contributed by atoms with E-state index in [-0.39, 0.29) is 24.8 Å². The van der Waals surface area contributed by atoms with Gasteiger partial charge in [0, 0.05) is 21.2 Å². The number of furan rings is 1. The second-order valence-corrected chi connectivity index (χ2v) is 7.45. The number of aromatic nitrogens is 4. The molecule has 0 saturated heterocycles. The van der Waals surface area contributed by atoms with Crippen molar-refractivity contribution in [3.8, 4) is 0 Å². The van der Waals surface area contributed by atoms with Crippen LogP contribution in [-0.2, 0) is 16.1 Å². The Morgan fingerprint density at radius 2 is 1.93 bits per heavy atom. The Morgan fingerprint density at radius 1 is 1.13 bits per heavy atom. The van der Waals surface area contributed by atoms with Gasteiger partial charge in [0.05, 0.1) is 12.2 Å². The SMILES string of the molecule is CCOC(=O)c1oc2ccc(Br)cc2c1COC(=O)c1nc2nc(C)cc(C)n2n1. The summed E-state index contributed by atoms with van der Waals surface area (Å²) in [5, 5.41) is 4.80. The average Bonchev–Trinajstić information content (AvgIpc) is 3.28. The number of rotatable bonds is 5. The maximum atomic E-state index is 12.6. The highest BCUT2D eigenvalue weighted by Gasteiger charge is 2.24. The molecule has 154 valence electrons. The first-order valence-electron chi connectivity index (χ1n) is 9.13. The Labute approximate surface area is 179 Å². The third-order valence-electron chi connectivity index (χ3n) is 4.36. The second-order valence-electron chi connectivity index (χ2n) is 6.53. The molecule has 0 bridgehead atoms. The standard InChI is InChI=1S/C20H17BrN4O5/c1-4-28-18(26)16-14(13-8-12(21)5-6-15(13)30-16)9-29-19(27)17-23-20-22-10(2)7-11(3)25(20)24-17/h5-8H,4,9H2,1-3H3. The lowest BCUT2D eigenvalue weighted by Gasteiger charge is -2.04. The van der Waals surface area contributed by atoms with Crippen molar-refractivity contribution in [1.82, 2.24) is 19.6 Å². The van der Waals surface area contributed by atoms with E-state index in [4.69, 9.17) is 13.9 Å². The Hall–Kier alpha value is -3.27. The highest BCUT2D eigenvalue weighted by Crippen LogP contribution is 2.30. The molecule has 0 aliphatic carbocycles. The molecule has 0 unspecified atom stereocenters. The van der Waals surface area contributed by atoms with E-state index in [1.807, 2.05) is 19.9 Å². The summed E-state index contributed by atoms with van der Waals surface area (Å²) in [7, 11) is 0. The van der Waals surface area contributed by atoms with Crippen molar-refractivity contribution < 1.29 is 23.5 Å². The monoisotopic (exact) mass is 472 g/mol. The summed E-state index contributed by atoms with van der Waals surface area (Å²) in [6, 6.07) is 7.12. The molecule has 10 heteroatoms. The lowest BCUT2D eigenvalue weighted by atomic mass is 10.1. The fourth-order valence-corrected chi connectivity index (χ4v) is 3.44. The van der Waals surface area contributed by atoms with Crippen LogP contribution in [0, 0.1) is 13.8 Å². The van der Waals surface area contributed by atoms with Crippen molar-refractivity contribution >= 4 is 44.6 Å². The lowest BCUT2D eigenvalue weighted by Crippen LogP contribution is -2.11. The summed E-state index contributed by atoms with van der Waals surface area (Å²) in [4.78, 5) is 33.3. The molecule has 0 fully saturated rings. The molecule has 4 rings (SSSR count). The van der Waals surface area contributed by atoms with Crippen molar-refractivity contribution in [1.29, 1.82) is 0 Å². The van der Waals surface area contributed by atoms with Crippen LogP contribution in [0.25, 0.3) is 16.7 Å². The predicted octanol–water partition coefficient (Wildman–Crippen LogP) is 3.78. The number of hydrogen-bond acceptors (Lipinski definition) is 8. The molecule has 0 amide bonds. The number of carbonyl (C=O) groups is 2. The summed E-state index contributed by atoms with van der Waals surface area (Å²) >= 11 is 3.40.